The summed E-state index contributed by atoms with van der Waals surface area (Å²) in [6.45, 7) is 5.58. The van der Waals surface area contributed by atoms with Gasteiger partial charge in [0.1, 0.15) is 0 Å². The van der Waals surface area contributed by atoms with Crippen molar-refractivity contribution in [3.8, 4) is 22.3 Å². The molecule has 1 heteroatoms. The summed E-state index contributed by atoms with van der Waals surface area (Å²) in [5.41, 5.74) is 7.78. The standard InChI is InChI=1S/C34H40O/c1-3-5-7-8-27-9-13-29(14-10-27)31-17-21-33(22-18-31)34-23-19-32(20-24-34)30-15-11-28(12-16-30)26-35-25-6-4-2/h4,6-8,11-12,15-24,27,29H,3,5,9-10,13-14,25-26H2,1-2H3/t27-,29-. The molecule has 1 aliphatic carbocycles. The predicted octanol–water partition coefficient (Wildman–Crippen LogP) is 9.74. The Balaban J connectivity index is 1.32. The van der Waals surface area contributed by atoms with Crippen molar-refractivity contribution < 1.29 is 4.74 Å². The molecule has 0 N–H and O–H groups in total. The first kappa shape index (κ1) is 25.2. The highest BCUT2D eigenvalue weighted by atomic mass is 16.5. The molecular weight excluding hydrogens is 424 g/mol. The SMILES string of the molecule is CC=CCOCc1ccc(-c2ccc(-c3ccc([C@H]4CC[C@H](C=CCCC)CC4)cc3)cc2)cc1. The molecule has 35 heavy (non-hydrogen) atoms. The van der Waals surface area contributed by atoms with E-state index in [9.17, 15) is 0 Å². The molecule has 0 heterocycles. The zero-order valence-corrected chi connectivity index (χ0v) is 21.5. The second-order valence-electron chi connectivity index (χ2n) is 9.81. The molecule has 0 saturated heterocycles. The summed E-state index contributed by atoms with van der Waals surface area (Å²) in [4.78, 5) is 0. The molecule has 1 aliphatic rings. The fourth-order valence-electron chi connectivity index (χ4n) is 5.04. The minimum atomic E-state index is 0.650. The molecule has 4 rings (SSSR count). The van der Waals surface area contributed by atoms with Crippen LogP contribution >= 0.6 is 0 Å². The van der Waals surface area contributed by atoms with Crippen molar-refractivity contribution >= 4 is 0 Å². The highest BCUT2D eigenvalue weighted by Gasteiger charge is 2.20. The second kappa shape index (κ2) is 13.3. The zero-order chi connectivity index (χ0) is 24.3. The van der Waals surface area contributed by atoms with Crippen LogP contribution in [0, 0.1) is 5.92 Å². The Hall–Kier alpha value is -2.90. The summed E-state index contributed by atoms with van der Waals surface area (Å²) in [5, 5.41) is 0. The topological polar surface area (TPSA) is 9.23 Å². The van der Waals surface area contributed by atoms with Gasteiger partial charge < -0.3 is 4.74 Å². The van der Waals surface area contributed by atoms with Crippen molar-refractivity contribution in [2.24, 2.45) is 5.92 Å². The van der Waals surface area contributed by atoms with E-state index in [1.165, 1.54) is 71.9 Å². The molecule has 0 spiro atoms. The second-order valence-corrected chi connectivity index (χ2v) is 9.81. The molecule has 1 nitrogen and oxygen atoms in total. The van der Waals surface area contributed by atoms with E-state index in [0.29, 0.717) is 13.2 Å². The van der Waals surface area contributed by atoms with Gasteiger partial charge >= 0.3 is 0 Å². The fraction of sp³-hybridized carbons (Fsp3) is 0.353. The maximum Gasteiger partial charge on any atom is 0.0721 e. The van der Waals surface area contributed by atoms with Crippen molar-refractivity contribution in [3.63, 3.8) is 0 Å². The quantitative estimate of drug-likeness (QED) is 0.214. The van der Waals surface area contributed by atoms with Crippen LogP contribution in [0.3, 0.4) is 0 Å². The summed E-state index contributed by atoms with van der Waals surface area (Å²) >= 11 is 0. The van der Waals surface area contributed by atoms with Gasteiger partial charge in [-0.3, -0.25) is 0 Å². The average Bonchev–Trinajstić information content (AvgIpc) is 2.92. The largest absolute Gasteiger partial charge is 0.373 e. The molecule has 0 aromatic heterocycles. The van der Waals surface area contributed by atoms with Crippen LogP contribution in [0.2, 0.25) is 0 Å². The molecule has 182 valence electrons. The van der Waals surface area contributed by atoms with Crippen LogP contribution in [0.25, 0.3) is 22.3 Å². The zero-order valence-electron chi connectivity index (χ0n) is 21.5. The number of hydrogen-bond donors (Lipinski definition) is 0. The molecule has 3 aromatic carbocycles. The van der Waals surface area contributed by atoms with E-state index < -0.39 is 0 Å². The summed E-state index contributed by atoms with van der Waals surface area (Å²) in [6, 6.07) is 27.0. The minimum absolute atomic E-state index is 0.650. The van der Waals surface area contributed by atoms with Crippen LogP contribution in [-0.2, 0) is 11.3 Å². The number of ether oxygens (including phenoxy) is 1. The Labute approximate surface area is 212 Å². The number of benzene rings is 3. The van der Waals surface area contributed by atoms with E-state index >= 15 is 0 Å². The molecular formula is C34H40O. The van der Waals surface area contributed by atoms with E-state index in [4.69, 9.17) is 4.74 Å². The van der Waals surface area contributed by atoms with Crippen molar-refractivity contribution in [2.45, 2.75) is 64.9 Å². The molecule has 0 bridgehead atoms. The Bertz CT molecular complexity index is 1060. The van der Waals surface area contributed by atoms with Gasteiger partial charge in [-0.25, -0.2) is 0 Å². The maximum absolute atomic E-state index is 5.65. The van der Waals surface area contributed by atoms with Crippen molar-refractivity contribution in [2.75, 3.05) is 6.61 Å². The maximum atomic E-state index is 5.65. The first-order chi connectivity index (χ1) is 17.3. The van der Waals surface area contributed by atoms with Gasteiger partial charge in [0.05, 0.1) is 13.2 Å². The van der Waals surface area contributed by atoms with Gasteiger partial charge in [0.25, 0.3) is 0 Å². The third-order valence-corrected chi connectivity index (χ3v) is 7.24. The third kappa shape index (κ3) is 7.29. The average molecular weight is 465 g/mol. The summed E-state index contributed by atoms with van der Waals surface area (Å²) < 4.78 is 5.65. The van der Waals surface area contributed by atoms with Crippen LogP contribution in [0.1, 0.15) is 69.4 Å². The molecule has 1 fully saturated rings. The number of hydrogen-bond acceptors (Lipinski definition) is 1. The van der Waals surface area contributed by atoms with Crippen LogP contribution in [0.5, 0.6) is 0 Å². The van der Waals surface area contributed by atoms with Gasteiger partial charge in [-0.1, -0.05) is 110 Å². The van der Waals surface area contributed by atoms with Gasteiger partial charge in [0.2, 0.25) is 0 Å². The lowest BCUT2D eigenvalue weighted by Gasteiger charge is -2.27. The Morgan fingerprint density at radius 1 is 0.714 bits per heavy atom. The Morgan fingerprint density at radius 3 is 1.80 bits per heavy atom. The first-order valence-corrected chi connectivity index (χ1v) is 13.4. The number of rotatable bonds is 10. The molecule has 1 saturated carbocycles. The first-order valence-electron chi connectivity index (χ1n) is 13.4. The monoisotopic (exact) mass is 464 g/mol. The Morgan fingerprint density at radius 2 is 1.26 bits per heavy atom. The highest BCUT2D eigenvalue weighted by Crippen LogP contribution is 2.37. The van der Waals surface area contributed by atoms with Gasteiger partial charge in [-0.2, -0.15) is 0 Å². The molecule has 0 aliphatic heterocycles. The van der Waals surface area contributed by atoms with E-state index in [2.05, 4.69) is 91.9 Å². The highest BCUT2D eigenvalue weighted by molar-refractivity contribution is 5.70. The van der Waals surface area contributed by atoms with E-state index in [0.717, 1.165) is 11.8 Å². The van der Waals surface area contributed by atoms with E-state index in [-0.39, 0.29) is 0 Å². The number of unbranched alkanes of at least 4 members (excludes halogenated alkanes) is 1. The Kier molecular flexibility index (Phi) is 9.55. The lowest BCUT2D eigenvalue weighted by atomic mass is 9.78. The van der Waals surface area contributed by atoms with Gasteiger partial charge in [0, 0.05) is 0 Å². The van der Waals surface area contributed by atoms with Crippen molar-refractivity contribution in [1.29, 1.82) is 0 Å². The van der Waals surface area contributed by atoms with Crippen LogP contribution in [0.4, 0.5) is 0 Å². The van der Waals surface area contributed by atoms with Crippen LogP contribution < -0.4 is 0 Å². The summed E-state index contributed by atoms with van der Waals surface area (Å²) in [7, 11) is 0. The van der Waals surface area contributed by atoms with Crippen LogP contribution in [-0.4, -0.2) is 6.61 Å². The molecule has 0 radical (unpaired) electrons. The van der Waals surface area contributed by atoms with Crippen molar-refractivity contribution in [3.05, 3.63) is 108 Å². The lowest BCUT2D eigenvalue weighted by molar-refractivity contribution is 0.148. The van der Waals surface area contributed by atoms with Gasteiger partial charge in [-0.15, -0.1) is 0 Å². The molecule has 3 aromatic rings. The smallest absolute Gasteiger partial charge is 0.0721 e. The minimum Gasteiger partial charge on any atom is -0.373 e. The predicted molar refractivity (Wildman–Crippen MR) is 151 cm³/mol. The third-order valence-electron chi connectivity index (χ3n) is 7.24. The normalized spacial score (nSPS) is 18.5. The summed E-state index contributed by atoms with van der Waals surface area (Å²) in [6.07, 6.45) is 16.7. The van der Waals surface area contributed by atoms with E-state index in [1.807, 2.05) is 19.1 Å². The number of allylic oxidation sites excluding steroid dienone is 3. The van der Waals surface area contributed by atoms with Crippen molar-refractivity contribution in [1.82, 2.24) is 0 Å². The van der Waals surface area contributed by atoms with Gasteiger partial charge in [-0.05, 0) is 84.2 Å². The van der Waals surface area contributed by atoms with Crippen LogP contribution in [0.15, 0.2) is 97.1 Å². The molecule has 0 unspecified atom stereocenters. The lowest BCUT2D eigenvalue weighted by Crippen LogP contribution is -2.11. The summed E-state index contributed by atoms with van der Waals surface area (Å²) in [5.74, 6) is 1.52. The molecule has 0 amide bonds. The van der Waals surface area contributed by atoms with Gasteiger partial charge in [0.15, 0.2) is 0 Å². The molecule has 0 atom stereocenters. The fourth-order valence-corrected chi connectivity index (χ4v) is 5.04. The van der Waals surface area contributed by atoms with E-state index in [1.54, 1.807) is 0 Å².